The number of hydrogen-bond acceptors (Lipinski definition) is 9. The topological polar surface area (TPSA) is 132 Å². The van der Waals surface area contributed by atoms with Gasteiger partial charge in [0.05, 0.1) is 24.2 Å². The van der Waals surface area contributed by atoms with E-state index in [0.717, 1.165) is 11.6 Å². The van der Waals surface area contributed by atoms with Gasteiger partial charge in [-0.25, -0.2) is 27.8 Å². The van der Waals surface area contributed by atoms with E-state index in [1.54, 1.807) is 25.4 Å². The third kappa shape index (κ3) is 4.70. The number of amidine groups is 1. The summed E-state index contributed by atoms with van der Waals surface area (Å²) in [5.74, 6) is 5.74. The fourth-order valence-electron chi connectivity index (χ4n) is 3.33. The molecule has 3 aromatic heterocycles. The van der Waals surface area contributed by atoms with E-state index in [1.165, 1.54) is 13.0 Å². The summed E-state index contributed by atoms with van der Waals surface area (Å²) in [6, 6.07) is 4.03. The lowest BCUT2D eigenvalue weighted by atomic mass is 10.1. The summed E-state index contributed by atoms with van der Waals surface area (Å²) >= 11 is 0. The zero-order valence-electron chi connectivity index (χ0n) is 17.9. The van der Waals surface area contributed by atoms with Crippen molar-refractivity contribution in [1.82, 2.24) is 15.0 Å². The molecular formula is C22H21FN6O3S. The molecule has 170 valence electrons. The first kappa shape index (κ1) is 22.4. The molecule has 2 atom stereocenters. The summed E-state index contributed by atoms with van der Waals surface area (Å²) < 4.78 is 44.8. The van der Waals surface area contributed by atoms with Crippen molar-refractivity contribution in [3.63, 3.8) is 0 Å². The highest BCUT2D eigenvalue weighted by Gasteiger charge is 2.35. The van der Waals surface area contributed by atoms with E-state index in [4.69, 9.17) is 10.5 Å². The van der Waals surface area contributed by atoms with E-state index in [9.17, 15) is 12.8 Å². The minimum absolute atomic E-state index is 0.0418. The Morgan fingerprint density at radius 3 is 2.85 bits per heavy atom. The van der Waals surface area contributed by atoms with Crippen LogP contribution in [-0.4, -0.2) is 46.8 Å². The van der Waals surface area contributed by atoms with Gasteiger partial charge < -0.3 is 15.8 Å². The van der Waals surface area contributed by atoms with E-state index >= 15 is 0 Å². The molecule has 1 aliphatic heterocycles. The Hall–Kier alpha value is -3.78. The van der Waals surface area contributed by atoms with Crippen molar-refractivity contribution in [3.8, 4) is 17.6 Å². The van der Waals surface area contributed by atoms with Gasteiger partial charge in [0.2, 0.25) is 0 Å². The quantitative estimate of drug-likeness (QED) is 0.546. The largest absolute Gasteiger partial charge is 0.479 e. The Labute approximate surface area is 190 Å². The average molecular weight is 469 g/mol. The van der Waals surface area contributed by atoms with E-state index in [0.29, 0.717) is 17.1 Å². The molecule has 4 heterocycles. The van der Waals surface area contributed by atoms with E-state index < -0.39 is 26.9 Å². The van der Waals surface area contributed by atoms with Gasteiger partial charge >= 0.3 is 0 Å². The lowest BCUT2D eigenvalue weighted by Crippen LogP contribution is -2.40. The van der Waals surface area contributed by atoms with E-state index in [2.05, 4.69) is 37.1 Å². The lowest BCUT2D eigenvalue weighted by Gasteiger charge is -2.24. The molecule has 4 rings (SSSR count). The number of halogens is 1. The molecule has 3 aromatic rings. The van der Waals surface area contributed by atoms with Crippen LogP contribution in [0.4, 0.5) is 16.0 Å². The number of fused-ring (bicyclic) bond motifs is 1. The van der Waals surface area contributed by atoms with Gasteiger partial charge in [0.25, 0.3) is 0 Å². The molecule has 11 heteroatoms. The molecule has 0 saturated heterocycles. The summed E-state index contributed by atoms with van der Waals surface area (Å²) in [6.45, 7) is 3.45. The predicted molar refractivity (Wildman–Crippen MR) is 124 cm³/mol. The number of pyridine rings is 3. The summed E-state index contributed by atoms with van der Waals surface area (Å²) in [5.41, 5.74) is 6.41. The first-order chi connectivity index (χ1) is 15.8. The molecule has 0 bridgehead atoms. The molecule has 0 spiro atoms. The second-order valence-electron chi connectivity index (χ2n) is 7.38. The number of nitrogens with two attached hydrogens (primary N) is 1. The van der Waals surface area contributed by atoms with Crippen LogP contribution in [0.25, 0.3) is 10.9 Å². The zero-order chi connectivity index (χ0) is 23.6. The molecule has 2 unspecified atom stereocenters. The van der Waals surface area contributed by atoms with Gasteiger partial charge in [-0.15, -0.1) is 5.92 Å². The molecule has 3 N–H and O–H groups in total. The second-order valence-corrected chi connectivity index (χ2v) is 9.74. The van der Waals surface area contributed by atoms with Gasteiger partial charge in [0.1, 0.15) is 40.6 Å². The van der Waals surface area contributed by atoms with Crippen LogP contribution >= 0.6 is 0 Å². The summed E-state index contributed by atoms with van der Waals surface area (Å²) in [5, 5.41) is 2.89. The molecule has 0 aromatic carbocycles. The fourth-order valence-corrected chi connectivity index (χ4v) is 4.74. The van der Waals surface area contributed by atoms with Gasteiger partial charge in [-0.3, -0.25) is 4.99 Å². The number of rotatable bonds is 5. The minimum atomic E-state index is -3.54. The molecule has 0 fully saturated rings. The summed E-state index contributed by atoms with van der Waals surface area (Å²) in [4.78, 5) is 17.0. The minimum Gasteiger partial charge on any atom is -0.479 e. The average Bonchev–Trinajstić information content (AvgIpc) is 2.78. The molecule has 0 radical (unpaired) electrons. The number of ether oxygens (including phenoxy) is 1. The smallest absolute Gasteiger partial charge is 0.162 e. The van der Waals surface area contributed by atoms with Crippen molar-refractivity contribution < 1.29 is 17.5 Å². The first-order valence-corrected chi connectivity index (χ1v) is 11.7. The third-order valence-electron chi connectivity index (χ3n) is 5.20. The maximum absolute atomic E-state index is 14.5. The van der Waals surface area contributed by atoms with Crippen LogP contribution < -0.4 is 15.8 Å². The van der Waals surface area contributed by atoms with Crippen molar-refractivity contribution >= 4 is 38.2 Å². The number of nitrogens with zero attached hydrogens (tertiary/aromatic N) is 4. The monoisotopic (exact) mass is 468 g/mol. The van der Waals surface area contributed by atoms with Crippen molar-refractivity contribution in [1.29, 1.82) is 0 Å². The Kier molecular flexibility index (Phi) is 6.11. The predicted octanol–water partition coefficient (Wildman–Crippen LogP) is 2.52. The van der Waals surface area contributed by atoms with Gasteiger partial charge in [0.15, 0.2) is 15.7 Å². The zero-order valence-corrected chi connectivity index (χ0v) is 18.7. The van der Waals surface area contributed by atoms with Gasteiger partial charge in [-0.2, -0.15) is 0 Å². The van der Waals surface area contributed by atoms with Crippen LogP contribution in [0.2, 0.25) is 0 Å². The SMILES string of the molecule is CC#CCOc1cnc2c(Nc3cc(C4CS(=O)(=O)C(C)C(N)=N4)c(F)cn3)nccc2c1. The molecule has 1 aliphatic rings. The van der Waals surface area contributed by atoms with E-state index in [1.807, 2.05) is 6.07 Å². The van der Waals surface area contributed by atoms with Crippen LogP contribution in [0.15, 0.2) is 41.8 Å². The van der Waals surface area contributed by atoms with Gasteiger partial charge in [0, 0.05) is 17.1 Å². The normalized spacial score (nSPS) is 19.3. The number of aromatic nitrogens is 3. The van der Waals surface area contributed by atoms with Crippen LogP contribution in [0.5, 0.6) is 5.75 Å². The van der Waals surface area contributed by atoms with Crippen LogP contribution in [0.1, 0.15) is 25.5 Å². The van der Waals surface area contributed by atoms with Crippen LogP contribution in [0, 0.1) is 17.7 Å². The third-order valence-corrected chi connectivity index (χ3v) is 7.30. The standard InChI is InChI=1S/C22H21FN6O3S/c1-3-4-7-32-15-8-14-5-6-25-22(20(14)27-10-15)29-19-9-16(17(23)11-26-19)18-12-33(30,31)13(2)21(24)28-18/h5-6,8-11,13,18H,7,12H2,1-2H3,(H2,24,28)(H,25,26,29). The Balaban J connectivity index is 1.64. The second kappa shape index (κ2) is 8.99. The summed E-state index contributed by atoms with van der Waals surface area (Å²) in [7, 11) is -3.54. The Bertz CT molecular complexity index is 1410. The highest BCUT2D eigenvalue weighted by Crippen LogP contribution is 2.30. The van der Waals surface area contributed by atoms with Crippen LogP contribution in [0.3, 0.4) is 0 Å². The first-order valence-electron chi connectivity index (χ1n) is 10.0. The molecule has 0 aliphatic carbocycles. The fraction of sp³-hybridized carbons (Fsp3) is 0.273. The molecule has 0 saturated carbocycles. The molecule has 0 amide bonds. The number of hydrogen-bond donors (Lipinski definition) is 2. The van der Waals surface area contributed by atoms with Crippen molar-refractivity contribution in [3.05, 3.63) is 48.2 Å². The molecule has 9 nitrogen and oxygen atoms in total. The van der Waals surface area contributed by atoms with Gasteiger partial charge in [-0.05, 0) is 32.0 Å². The van der Waals surface area contributed by atoms with Crippen LogP contribution in [-0.2, 0) is 9.84 Å². The highest BCUT2D eigenvalue weighted by atomic mass is 32.2. The number of aliphatic imine (C=N–C) groups is 1. The Morgan fingerprint density at radius 2 is 2.09 bits per heavy atom. The molecule has 33 heavy (non-hydrogen) atoms. The highest BCUT2D eigenvalue weighted by molar-refractivity contribution is 7.92. The number of nitrogens with one attached hydrogen (secondary N) is 1. The van der Waals surface area contributed by atoms with Crippen molar-refractivity contribution in [2.24, 2.45) is 10.7 Å². The number of anilines is 2. The van der Waals surface area contributed by atoms with Gasteiger partial charge in [-0.1, -0.05) is 5.92 Å². The Morgan fingerprint density at radius 1 is 1.27 bits per heavy atom. The van der Waals surface area contributed by atoms with Crippen molar-refractivity contribution in [2.75, 3.05) is 17.7 Å². The van der Waals surface area contributed by atoms with Crippen molar-refractivity contribution in [2.45, 2.75) is 25.1 Å². The molecular weight excluding hydrogens is 447 g/mol. The maximum Gasteiger partial charge on any atom is 0.162 e. The number of sulfone groups is 1. The summed E-state index contributed by atoms with van der Waals surface area (Å²) in [6.07, 6.45) is 4.15. The maximum atomic E-state index is 14.5. The lowest BCUT2D eigenvalue weighted by molar-refractivity contribution is 0.369. The van der Waals surface area contributed by atoms with E-state index in [-0.39, 0.29) is 29.6 Å².